The van der Waals surface area contributed by atoms with Crippen molar-refractivity contribution in [2.45, 2.75) is 11.8 Å². The van der Waals surface area contributed by atoms with E-state index in [0.29, 0.717) is 11.3 Å². The first-order chi connectivity index (χ1) is 9.29. The Morgan fingerprint density at radius 1 is 1.30 bits per heavy atom. The van der Waals surface area contributed by atoms with Crippen LogP contribution in [0.2, 0.25) is 10.3 Å². The van der Waals surface area contributed by atoms with Crippen LogP contribution in [0.1, 0.15) is 5.56 Å². The standard InChI is InChI=1S/C11H10Cl2N4O2S/c1-6-8(12)4-7(5-9(6)14)20(18,19)17-10-2-3-15-11(13)16-10/h2-5H,14H2,1H3,(H,15,16,17). The maximum atomic E-state index is 12.2. The minimum Gasteiger partial charge on any atom is -0.398 e. The van der Waals surface area contributed by atoms with Crippen LogP contribution in [0.5, 0.6) is 0 Å². The Labute approximate surface area is 126 Å². The summed E-state index contributed by atoms with van der Waals surface area (Å²) in [5, 5.41) is 0.206. The van der Waals surface area contributed by atoms with Gasteiger partial charge in [-0.05, 0) is 42.3 Å². The molecule has 0 spiro atoms. The van der Waals surface area contributed by atoms with E-state index in [2.05, 4.69) is 14.7 Å². The Balaban J connectivity index is 2.41. The van der Waals surface area contributed by atoms with Crippen LogP contribution in [-0.2, 0) is 10.0 Å². The molecule has 0 aliphatic carbocycles. The molecule has 0 radical (unpaired) electrons. The molecule has 0 aliphatic rings. The van der Waals surface area contributed by atoms with Gasteiger partial charge >= 0.3 is 0 Å². The summed E-state index contributed by atoms with van der Waals surface area (Å²) in [5.41, 5.74) is 6.62. The van der Waals surface area contributed by atoms with E-state index in [0.717, 1.165) is 0 Å². The first kappa shape index (κ1) is 14.8. The third kappa shape index (κ3) is 3.12. The van der Waals surface area contributed by atoms with Crippen molar-refractivity contribution in [3.63, 3.8) is 0 Å². The smallest absolute Gasteiger partial charge is 0.263 e. The second kappa shape index (κ2) is 5.43. The second-order valence-electron chi connectivity index (χ2n) is 3.94. The Kier molecular flexibility index (Phi) is 4.03. The van der Waals surface area contributed by atoms with Gasteiger partial charge < -0.3 is 5.73 Å². The molecule has 1 aromatic heterocycles. The fraction of sp³-hybridized carbons (Fsp3) is 0.0909. The molecule has 0 aliphatic heterocycles. The molecule has 3 N–H and O–H groups in total. The fourth-order valence-electron chi connectivity index (χ4n) is 1.42. The number of nitrogens with one attached hydrogen (secondary N) is 1. The van der Waals surface area contributed by atoms with E-state index < -0.39 is 10.0 Å². The summed E-state index contributed by atoms with van der Waals surface area (Å²) >= 11 is 11.5. The number of hydrogen-bond acceptors (Lipinski definition) is 5. The van der Waals surface area contributed by atoms with Crippen molar-refractivity contribution in [2.24, 2.45) is 0 Å². The van der Waals surface area contributed by atoms with Crippen LogP contribution in [0, 0.1) is 6.92 Å². The highest BCUT2D eigenvalue weighted by atomic mass is 35.5. The third-order valence-electron chi connectivity index (χ3n) is 2.53. The zero-order valence-corrected chi connectivity index (χ0v) is 12.6. The van der Waals surface area contributed by atoms with Gasteiger partial charge in [-0.2, -0.15) is 4.98 Å². The van der Waals surface area contributed by atoms with Crippen LogP contribution >= 0.6 is 23.2 Å². The molecule has 2 rings (SSSR count). The second-order valence-corrected chi connectivity index (χ2v) is 6.36. The molecule has 20 heavy (non-hydrogen) atoms. The van der Waals surface area contributed by atoms with Crippen molar-refractivity contribution in [1.29, 1.82) is 0 Å². The lowest BCUT2D eigenvalue weighted by atomic mass is 10.2. The lowest BCUT2D eigenvalue weighted by molar-refractivity contribution is 0.601. The normalized spacial score (nSPS) is 11.3. The molecule has 6 nitrogen and oxygen atoms in total. The van der Waals surface area contributed by atoms with Gasteiger partial charge in [0.1, 0.15) is 5.82 Å². The number of rotatable bonds is 3. The molecule has 9 heteroatoms. The van der Waals surface area contributed by atoms with Gasteiger partial charge in [0.15, 0.2) is 0 Å². The zero-order valence-electron chi connectivity index (χ0n) is 10.3. The highest BCUT2D eigenvalue weighted by Crippen LogP contribution is 2.26. The van der Waals surface area contributed by atoms with Crippen molar-refractivity contribution >= 4 is 44.7 Å². The zero-order chi connectivity index (χ0) is 14.9. The minimum atomic E-state index is -3.86. The summed E-state index contributed by atoms with van der Waals surface area (Å²) in [5.74, 6) is 0.0558. The van der Waals surface area contributed by atoms with Crippen molar-refractivity contribution in [2.75, 3.05) is 10.5 Å². The Morgan fingerprint density at radius 3 is 2.60 bits per heavy atom. The first-order valence-electron chi connectivity index (χ1n) is 5.36. The molecular formula is C11H10Cl2N4O2S. The molecule has 0 saturated heterocycles. The predicted octanol–water partition coefficient (Wildman–Crippen LogP) is 2.47. The molecule has 106 valence electrons. The number of nitrogens with zero attached hydrogens (tertiary/aromatic N) is 2. The average molecular weight is 333 g/mol. The maximum absolute atomic E-state index is 12.2. The Bertz CT molecular complexity index is 742. The summed E-state index contributed by atoms with van der Waals surface area (Å²) in [4.78, 5) is 7.35. The van der Waals surface area contributed by atoms with Gasteiger partial charge in [-0.1, -0.05) is 11.6 Å². The summed E-state index contributed by atoms with van der Waals surface area (Å²) in [6.07, 6.45) is 1.34. The van der Waals surface area contributed by atoms with Crippen LogP contribution in [-0.4, -0.2) is 18.4 Å². The molecule has 0 amide bonds. The minimum absolute atomic E-state index is 0.0552. The topological polar surface area (TPSA) is 98.0 Å². The Hall–Kier alpha value is -1.57. The summed E-state index contributed by atoms with van der Waals surface area (Å²) in [7, 11) is -3.86. The molecule has 0 unspecified atom stereocenters. The fourth-order valence-corrected chi connectivity index (χ4v) is 2.92. The van der Waals surface area contributed by atoms with Crippen molar-refractivity contribution in [3.8, 4) is 0 Å². The molecular weight excluding hydrogens is 323 g/mol. The van der Waals surface area contributed by atoms with Gasteiger partial charge in [-0.15, -0.1) is 0 Å². The van der Waals surface area contributed by atoms with Gasteiger partial charge in [-0.25, -0.2) is 13.4 Å². The predicted molar refractivity (Wildman–Crippen MR) is 78.5 cm³/mol. The van der Waals surface area contributed by atoms with Gasteiger partial charge in [-0.3, -0.25) is 4.72 Å². The number of halogens is 2. The van der Waals surface area contributed by atoms with Crippen LogP contribution in [0.25, 0.3) is 0 Å². The van der Waals surface area contributed by atoms with E-state index in [4.69, 9.17) is 28.9 Å². The van der Waals surface area contributed by atoms with E-state index in [1.54, 1.807) is 6.92 Å². The van der Waals surface area contributed by atoms with E-state index >= 15 is 0 Å². The van der Waals surface area contributed by atoms with Gasteiger partial charge in [0.25, 0.3) is 10.0 Å². The van der Waals surface area contributed by atoms with E-state index in [1.807, 2.05) is 0 Å². The molecule has 0 fully saturated rings. The highest BCUT2D eigenvalue weighted by molar-refractivity contribution is 7.92. The van der Waals surface area contributed by atoms with Crippen LogP contribution in [0.3, 0.4) is 0 Å². The van der Waals surface area contributed by atoms with E-state index in [1.165, 1.54) is 24.4 Å². The van der Waals surface area contributed by atoms with Crippen LogP contribution in [0.15, 0.2) is 29.3 Å². The molecule has 1 aromatic carbocycles. The molecule has 0 atom stereocenters. The number of anilines is 2. The average Bonchev–Trinajstić information content (AvgIpc) is 2.34. The highest BCUT2D eigenvalue weighted by Gasteiger charge is 2.17. The number of sulfonamides is 1. The summed E-state index contributed by atoms with van der Waals surface area (Å²) in [6, 6.07) is 4.02. The number of hydrogen-bond donors (Lipinski definition) is 2. The summed E-state index contributed by atoms with van der Waals surface area (Å²) in [6.45, 7) is 1.70. The van der Waals surface area contributed by atoms with E-state index in [-0.39, 0.29) is 21.0 Å². The van der Waals surface area contributed by atoms with Gasteiger partial charge in [0.2, 0.25) is 5.28 Å². The summed E-state index contributed by atoms with van der Waals surface area (Å²) < 4.78 is 26.7. The maximum Gasteiger partial charge on any atom is 0.263 e. The lowest BCUT2D eigenvalue weighted by Crippen LogP contribution is -2.14. The first-order valence-corrected chi connectivity index (χ1v) is 7.60. The Morgan fingerprint density at radius 2 is 2.00 bits per heavy atom. The number of benzene rings is 1. The van der Waals surface area contributed by atoms with Gasteiger partial charge in [0.05, 0.1) is 4.90 Å². The number of nitrogens with two attached hydrogens (primary N) is 1. The van der Waals surface area contributed by atoms with E-state index in [9.17, 15) is 8.42 Å². The van der Waals surface area contributed by atoms with Crippen LogP contribution < -0.4 is 10.5 Å². The van der Waals surface area contributed by atoms with Crippen molar-refractivity contribution in [3.05, 3.63) is 40.3 Å². The number of aromatic nitrogens is 2. The molecule has 0 bridgehead atoms. The third-order valence-corrected chi connectivity index (χ3v) is 4.44. The lowest BCUT2D eigenvalue weighted by Gasteiger charge is -2.10. The monoisotopic (exact) mass is 332 g/mol. The molecule has 0 saturated carbocycles. The largest absolute Gasteiger partial charge is 0.398 e. The number of nitrogen functional groups attached to an aromatic ring is 1. The SMILES string of the molecule is Cc1c(N)cc(S(=O)(=O)Nc2ccnc(Cl)n2)cc1Cl. The van der Waals surface area contributed by atoms with Gasteiger partial charge in [0, 0.05) is 16.9 Å². The van der Waals surface area contributed by atoms with Crippen molar-refractivity contribution in [1.82, 2.24) is 9.97 Å². The van der Waals surface area contributed by atoms with Crippen molar-refractivity contribution < 1.29 is 8.42 Å². The molecule has 1 heterocycles. The quantitative estimate of drug-likeness (QED) is 0.664. The van der Waals surface area contributed by atoms with Crippen LogP contribution in [0.4, 0.5) is 11.5 Å². The molecule has 2 aromatic rings.